The lowest BCUT2D eigenvalue weighted by atomic mass is 9.89. The van der Waals surface area contributed by atoms with Crippen molar-refractivity contribution in [1.82, 2.24) is 0 Å². The maximum atomic E-state index is 10.7. The summed E-state index contributed by atoms with van der Waals surface area (Å²) < 4.78 is 6.07. The fourth-order valence-corrected chi connectivity index (χ4v) is 2.79. The van der Waals surface area contributed by atoms with Crippen molar-refractivity contribution in [2.45, 2.75) is 18.4 Å². The Hall–Kier alpha value is -0.580. The molecule has 1 aromatic heterocycles. The molecule has 0 aliphatic carbocycles. The normalized spacial score (nSPS) is 25.8. The first kappa shape index (κ1) is 9.96. The van der Waals surface area contributed by atoms with Crippen molar-refractivity contribution < 1.29 is 14.6 Å². The third-order valence-electron chi connectivity index (χ3n) is 2.34. The first-order valence-corrected chi connectivity index (χ1v) is 5.43. The van der Waals surface area contributed by atoms with E-state index in [2.05, 4.69) is 0 Å². The van der Waals surface area contributed by atoms with E-state index in [1.54, 1.807) is 6.07 Å². The molecule has 1 atom stereocenters. The number of carboxylic acids is 1. The molecule has 2 heterocycles. The Morgan fingerprint density at radius 1 is 1.71 bits per heavy atom. The van der Waals surface area contributed by atoms with E-state index in [4.69, 9.17) is 21.4 Å². The van der Waals surface area contributed by atoms with Crippen LogP contribution in [0.1, 0.15) is 17.7 Å². The van der Waals surface area contributed by atoms with Crippen molar-refractivity contribution in [2.75, 3.05) is 6.61 Å². The topological polar surface area (TPSA) is 46.5 Å². The van der Waals surface area contributed by atoms with E-state index in [0.29, 0.717) is 10.9 Å². The maximum absolute atomic E-state index is 10.7. The number of hydrogen-bond donors (Lipinski definition) is 1. The molecule has 3 nitrogen and oxygen atoms in total. The molecule has 0 radical (unpaired) electrons. The average molecular weight is 233 g/mol. The summed E-state index contributed by atoms with van der Waals surface area (Å²) in [5, 5.41) is 8.77. The van der Waals surface area contributed by atoms with Crippen molar-refractivity contribution in [1.29, 1.82) is 0 Å². The Bertz CT molecular complexity index is 357. The van der Waals surface area contributed by atoms with Crippen molar-refractivity contribution >= 4 is 28.9 Å². The van der Waals surface area contributed by atoms with Crippen LogP contribution in [0.2, 0.25) is 4.34 Å². The van der Waals surface area contributed by atoms with E-state index in [9.17, 15) is 4.79 Å². The highest BCUT2D eigenvalue weighted by atomic mass is 35.5. The van der Waals surface area contributed by atoms with Crippen LogP contribution < -0.4 is 0 Å². The zero-order valence-corrected chi connectivity index (χ0v) is 8.90. The fourth-order valence-electron chi connectivity index (χ4n) is 1.57. The summed E-state index contributed by atoms with van der Waals surface area (Å²) in [5.74, 6) is -0.839. The molecule has 0 amide bonds. The van der Waals surface area contributed by atoms with Gasteiger partial charge < -0.3 is 9.84 Å². The molecule has 1 N–H and O–H groups in total. The first-order chi connectivity index (χ1) is 6.62. The van der Waals surface area contributed by atoms with Gasteiger partial charge in [0.25, 0.3) is 0 Å². The summed E-state index contributed by atoms with van der Waals surface area (Å²) >= 11 is 7.19. The van der Waals surface area contributed by atoms with Crippen molar-refractivity contribution in [3.8, 4) is 0 Å². The Labute approximate surface area is 90.3 Å². The van der Waals surface area contributed by atoms with Crippen LogP contribution in [0.3, 0.4) is 0 Å². The van der Waals surface area contributed by atoms with Crippen molar-refractivity contribution in [3.63, 3.8) is 0 Å². The van der Waals surface area contributed by atoms with Crippen LogP contribution in [-0.4, -0.2) is 17.7 Å². The molecule has 1 fully saturated rings. The minimum Gasteiger partial charge on any atom is -0.481 e. The standard InChI is InChI=1S/C9H9ClO3S/c10-7-2-1-6(14-7)9(3-4-13-9)5-8(11)12/h1-2H,3-5H2,(H,11,12). The van der Waals surface area contributed by atoms with Gasteiger partial charge in [-0.2, -0.15) is 0 Å². The predicted molar refractivity (Wildman–Crippen MR) is 53.8 cm³/mol. The van der Waals surface area contributed by atoms with Crippen LogP contribution in [0, 0.1) is 0 Å². The molecule has 1 saturated heterocycles. The molecule has 2 rings (SSSR count). The monoisotopic (exact) mass is 232 g/mol. The lowest BCUT2D eigenvalue weighted by Crippen LogP contribution is -2.41. The van der Waals surface area contributed by atoms with Gasteiger partial charge in [0.05, 0.1) is 17.4 Å². The van der Waals surface area contributed by atoms with Crippen LogP contribution in [0.25, 0.3) is 0 Å². The quantitative estimate of drug-likeness (QED) is 0.871. The lowest BCUT2D eigenvalue weighted by Gasteiger charge is -2.40. The SMILES string of the molecule is O=C(O)CC1(c2ccc(Cl)s2)CCO1. The van der Waals surface area contributed by atoms with Gasteiger partial charge >= 0.3 is 5.97 Å². The molecule has 0 bridgehead atoms. The molecule has 5 heteroatoms. The largest absolute Gasteiger partial charge is 0.481 e. The van der Waals surface area contributed by atoms with Gasteiger partial charge in [-0.25, -0.2) is 0 Å². The van der Waals surface area contributed by atoms with Gasteiger partial charge in [0.1, 0.15) is 5.60 Å². The smallest absolute Gasteiger partial charge is 0.306 e. The average Bonchev–Trinajstić information content (AvgIpc) is 2.44. The van der Waals surface area contributed by atoms with E-state index in [-0.39, 0.29) is 6.42 Å². The van der Waals surface area contributed by atoms with Crippen LogP contribution in [0.4, 0.5) is 0 Å². The minimum atomic E-state index is -0.839. The maximum Gasteiger partial charge on any atom is 0.306 e. The van der Waals surface area contributed by atoms with Gasteiger partial charge in [-0.3, -0.25) is 4.79 Å². The van der Waals surface area contributed by atoms with E-state index in [0.717, 1.165) is 11.3 Å². The minimum absolute atomic E-state index is 0.0177. The number of hydrogen-bond acceptors (Lipinski definition) is 3. The van der Waals surface area contributed by atoms with Gasteiger partial charge in [-0.05, 0) is 12.1 Å². The Morgan fingerprint density at radius 3 is 2.79 bits per heavy atom. The van der Waals surface area contributed by atoms with Crippen LogP contribution in [-0.2, 0) is 15.1 Å². The van der Waals surface area contributed by atoms with Crippen LogP contribution in [0.5, 0.6) is 0 Å². The molecule has 1 aromatic rings. The number of ether oxygens (including phenoxy) is 1. The number of aliphatic carboxylic acids is 1. The third-order valence-corrected chi connectivity index (χ3v) is 3.76. The molecule has 0 saturated carbocycles. The van der Waals surface area contributed by atoms with Crippen LogP contribution >= 0.6 is 22.9 Å². The highest BCUT2D eigenvalue weighted by Gasteiger charge is 2.43. The highest BCUT2D eigenvalue weighted by Crippen LogP contribution is 2.44. The Morgan fingerprint density at radius 2 is 2.43 bits per heavy atom. The van der Waals surface area contributed by atoms with E-state index < -0.39 is 11.6 Å². The molecule has 1 unspecified atom stereocenters. The summed E-state index contributed by atoms with van der Waals surface area (Å²) in [6.45, 7) is 0.628. The first-order valence-electron chi connectivity index (χ1n) is 4.24. The van der Waals surface area contributed by atoms with E-state index >= 15 is 0 Å². The Balaban J connectivity index is 2.24. The summed E-state index contributed by atoms with van der Waals surface area (Å²) in [4.78, 5) is 11.6. The summed E-state index contributed by atoms with van der Waals surface area (Å²) in [6.07, 6.45) is 0.778. The zero-order valence-electron chi connectivity index (χ0n) is 7.33. The highest BCUT2D eigenvalue weighted by molar-refractivity contribution is 7.16. The molecular weight excluding hydrogens is 224 g/mol. The predicted octanol–water partition coefficient (Wildman–Crippen LogP) is 2.49. The van der Waals surface area contributed by atoms with Gasteiger partial charge in [0.2, 0.25) is 0 Å². The van der Waals surface area contributed by atoms with Gasteiger partial charge in [0.15, 0.2) is 0 Å². The molecule has 1 aliphatic rings. The molecule has 1 aliphatic heterocycles. The van der Waals surface area contributed by atoms with Crippen molar-refractivity contribution in [2.24, 2.45) is 0 Å². The third kappa shape index (κ3) is 1.65. The molecule has 0 aromatic carbocycles. The lowest BCUT2D eigenvalue weighted by molar-refractivity contribution is -0.174. The fraction of sp³-hybridized carbons (Fsp3) is 0.444. The number of thiophene rings is 1. The molecule has 0 spiro atoms. The van der Waals surface area contributed by atoms with Gasteiger partial charge in [-0.15, -0.1) is 11.3 Å². The zero-order chi connectivity index (χ0) is 10.2. The second-order valence-corrected chi connectivity index (χ2v) is 4.98. The number of carboxylic acid groups (broad SMARTS) is 1. The van der Waals surface area contributed by atoms with E-state index in [1.165, 1.54) is 11.3 Å². The van der Waals surface area contributed by atoms with Gasteiger partial charge in [0, 0.05) is 11.3 Å². The van der Waals surface area contributed by atoms with Gasteiger partial charge in [-0.1, -0.05) is 11.6 Å². The second kappa shape index (κ2) is 3.53. The number of halogens is 1. The molecular formula is C9H9ClO3S. The Kier molecular flexibility index (Phi) is 2.51. The number of carbonyl (C=O) groups is 1. The van der Waals surface area contributed by atoms with Crippen molar-refractivity contribution in [3.05, 3.63) is 21.3 Å². The van der Waals surface area contributed by atoms with E-state index in [1.807, 2.05) is 6.07 Å². The summed E-state index contributed by atoms with van der Waals surface area (Å²) in [6, 6.07) is 3.61. The number of rotatable bonds is 3. The molecule has 14 heavy (non-hydrogen) atoms. The summed E-state index contributed by atoms with van der Waals surface area (Å²) in [5.41, 5.74) is -0.607. The van der Waals surface area contributed by atoms with Crippen LogP contribution in [0.15, 0.2) is 12.1 Å². The summed E-state index contributed by atoms with van der Waals surface area (Å²) in [7, 11) is 0. The molecule has 76 valence electrons. The second-order valence-electron chi connectivity index (χ2n) is 3.27.